The van der Waals surface area contributed by atoms with Gasteiger partial charge in [-0.05, 0) is 38.1 Å². The molecule has 0 radical (unpaired) electrons. The van der Waals surface area contributed by atoms with Crippen molar-refractivity contribution in [2.45, 2.75) is 27.1 Å². The van der Waals surface area contributed by atoms with Gasteiger partial charge in [-0.15, -0.1) is 0 Å². The number of ether oxygens (including phenoxy) is 3. The van der Waals surface area contributed by atoms with Crippen molar-refractivity contribution in [3.8, 4) is 11.5 Å². The number of halogens is 1. The number of nitrogens with zero attached hydrogens (tertiary/aromatic N) is 1. The third kappa shape index (κ3) is 4.31. The first-order chi connectivity index (χ1) is 13.5. The molecule has 0 atom stereocenters. The quantitative estimate of drug-likeness (QED) is 0.562. The van der Waals surface area contributed by atoms with Gasteiger partial charge in [0, 0.05) is 5.56 Å². The number of aromatic nitrogens is 1. The Morgan fingerprint density at radius 1 is 1.11 bits per heavy atom. The molecular formula is C21H20FNO5. The molecule has 1 heterocycles. The topological polar surface area (TPSA) is 70.8 Å². The van der Waals surface area contributed by atoms with Crippen LogP contribution in [0.5, 0.6) is 11.5 Å². The highest BCUT2D eigenvalue weighted by Crippen LogP contribution is 2.30. The second-order valence-electron chi connectivity index (χ2n) is 6.12. The molecule has 0 spiro atoms. The first kappa shape index (κ1) is 19.4. The maximum atomic E-state index is 13.6. The molecule has 1 aromatic heterocycles. The maximum Gasteiger partial charge on any atom is 0.338 e. The van der Waals surface area contributed by atoms with Gasteiger partial charge in [0.05, 0.1) is 23.9 Å². The number of rotatable bonds is 7. The summed E-state index contributed by atoms with van der Waals surface area (Å²) in [7, 11) is 1.48. The summed E-state index contributed by atoms with van der Waals surface area (Å²) >= 11 is 0. The molecule has 3 aromatic rings. The Kier molecular flexibility index (Phi) is 5.93. The predicted molar refractivity (Wildman–Crippen MR) is 98.8 cm³/mol. The number of hydrogen-bond acceptors (Lipinski definition) is 6. The summed E-state index contributed by atoms with van der Waals surface area (Å²) in [6, 6.07) is 10.8. The Bertz CT molecular complexity index is 963. The van der Waals surface area contributed by atoms with Crippen LogP contribution in [0.25, 0.3) is 0 Å². The van der Waals surface area contributed by atoms with Gasteiger partial charge in [0.15, 0.2) is 11.5 Å². The largest absolute Gasteiger partial charge is 0.493 e. The van der Waals surface area contributed by atoms with E-state index in [0.717, 1.165) is 11.3 Å². The van der Waals surface area contributed by atoms with Crippen LogP contribution in [0.4, 0.5) is 4.39 Å². The Morgan fingerprint density at radius 3 is 2.57 bits per heavy atom. The van der Waals surface area contributed by atoms with Crippen molar-refractivity contribution in [1.82, 2.24) is 5.16 Å². The fourth-order valence-electron chi connectivity index (χ4n) is 2.61. The van der Waals surface area contributed by atoms with Gasteiger partial charge in [0.25, 0.3) is 0 Å². The van der Waals surface area contributed by atoms with Crippen LogP contribution >= 0.6 is 0 Å². The fraction of sp³-hybridized carbons (Fsp3) is 0.238. The van der Waals surface area contributed by atoms with Crippen LogP contribution < -0.4 is 9.47 Å². The third-order valence-corrected chi connectivity index (χ3v) is 4.27. The lowest BCUT2D eigenvalue weighted by Crippen LogP contribution is -2.07. The van der Waals surface area contributed by atoms with E-state index in [2.05, 4.69) is 5.16 Å². The molecule has 0 saturated carbocycles. The monoisotopic (exact) mass is 385 g/mol. The summed E-state index contributed by atoms with van der Waals surface area (Å²) < 4.78 is 35.0. The number of carbonyl (C=O) groups excluding carboxylic acids is 1. The van der Waals surface area contributed by atoms with E-state index in [-0.39, 0.29) is 18.8 Å². The van der Waals surface area contributed by atoms with Crippen molar-refractivity contribution >= 4 is 5.97 Å². The second kappa shape index (κ2) is 8.56. The molecule has 0 unspecified atom stereocenters. The van der Waals surface area contributed by atoms with Gasteiger partial charge >= 0.3 is 5.97 Å². The van der Waals surface area contributed by atoms with E-state index < -0.39 is 11.8 Å². The van der Waals surface area contributed by atoms with E-state index in [4.69, 9.17) is 18.7 Å². The summed E-state index contributed by atoms with van der Waals surface area (Å²) in [4.78, 5) is 12.3. The highest BCUT2D eigenvalue weighted by Gasteiger charge is 2.15. The maximum absolute atomic E-state index is 13.6. The smallest absolute Gasteiger partial charge is 0.338 e. The first-order valence-electron chi connectivity index (χ1n) is 8.62. The summed E-state index contributed by atoms with van der Waals surface area (Å²) in [6.07, 6.45) is 0. The minimum absolute atomic E-state index is 0.155. The van der Waals surface area contributed by atoms with Crippen LogP contribution in [0, 0.1) is 19.7 Å². The van der Waals surface area contributed by atoms with Gasteiger partial charge in [-0.1, -0.05) is 23.4 Å². The predicted octanol–water partition coefficient (Wildman–Crippen LogP) is 4.38. The Hall–Kier alpha value is -3.35. The molecule has 0 bridgehead atoms. The molecule has 0 aliphatic heterocycles. The zero-order valence-electron chi connectivity index (χ0n) is 15.8. The molecule has 146 valence electrons. The van der Waals surface area contributed by atoms with Crippen molar-refractivity contribution in [2.24, 2.45) is 0 Å². The highest BCUT2D eigenvalue weighted by atomic mass is 19.1. The van der Waals surface area contributed by atoms with E-state index in [9.17, 15) is 9.18 Å². The highest BCUT2D eigenvalue weighted by molar-refractivity contribution is 5.90. The molecule has 0 N–H and O–H groups in total. The minimum Gasteiger partial charge on any atom is -0.493 e. The standard InChI is InChI=1S/C21H20FNO5/c1-13-17(14(2)28-23-13)12-26-19-9-8-15(10-20(19)25-3)21(24)27-11-16-6-4-5-7-18(16)22/h4-10H,11-12H2,1-3H3. The van der Waals surface area contributed by atoms with Crippen molar-refractivity contribution < 1.29 is 27.9 Å². The number of benzene rings is 2. The molecule has 0 saturated heterocycles. The second-order valence-corrected chi connectivity index (χ2v) is 6.12. The molecular weight excluding hydrogens is 365 g/mol. The summed E-state index contributed by atoms with van der Waals surface area (Å²) in [5, 5.41) is 3.89. The average molecular weight is 385 g/mol. The van der Waals surface area contributed by atoms with Crippen molar-refractivity contribution in [1.29, 1.82) is 0 Å². The summed E-state index contributed by atoms with van der Waals surface area (Å²) in [5.41, 5.74) is 2.19. The van der Waals surface area contributed by atoms with Crippen molar-refractivity contribution in [2.75, 3.05) is 7.11 Å². The molecule has 0 aliphatic rings. The van der Waals surface area contributed by atoms with Crippen LogP contribution in [0.3, 0.4) is 0 Å². The molecule has 6 nitrogen and oxygen atoms in total. The number of esters is 1. The van der Waals surface area contributed by atoms with Crippen LogP contribution in [0.2, 0.25) is 0 Å². The SMILES string of the molecule is COc1cc(C(=O)OCc2ccccc2F)ccc1OCc1c(C)noc1C. The lowest BCUT2D eigenvalue weighted by molar-refractivity contribution is 0.0468. The average Bonchev–Trinajstić information content (AvgIpc) is 3.03. The van der Waals surface area contributed by atoms with Gasteiger partial charge in [-0.25, -0.2) is 9.18 Å². The molecule has 0 fully saturated rings. The fourth-order valence-corrected chi connectivity index (χ4v) is 2.61. The van der Waals surface area contributed by atoms with Gasteiger partial charge < -0.3 is 18.7 Å². The zero-order chi connectivity index (χ0) is 20.1. The lowest BCUT2D eigenvalue weighted by Gasteiger charge is -2.12. The van der Waals surface area contributed by atoms with E-state index >= 15 is 0 Å². The minimum atomic E-state index is -0.584. The molecule has 28 heavy (non-hydrogen) atoms. The van der Waals surface area contributed by atoms with Crippen LogP contribution in [-0.4, -0.2) is 18.2 Å². The van der Waals surface area contributed by atoms with E-state index in [1.165, 1.54) is 19.2 Å². The molecule has 3 rings (SSSR count). The van der Waals surface area contributed by atoms with Gasteiger partial charge in [0.1, 0.15) is 24.8 Å². The summed E-state index contributed by atoms with van der Waals surface area (Å²) in [6.45, 7) is 3.75. The van der Waals surface area contributed by atoms with Crippen molar-refractivity contribution in [3.05, 3.63) is 76.4 Å². The Balaban J connectivity index is 1.68. The summed E-state index contributed by atoms with van der Waals surface area (Å²) in [5.74, 6) is 0.528. The third-order valence-electron chi connectivity index (χ3n) is 4.27. The normalized spacial score (nSPS) is 10.6. The van der Waals surface area contributed by atoms with Gasteiger partial charge in [0.2, 0.25) is 0 Å². The number of methoxy groups -OCH3 is 1. The van der Waals surface area contributed by atoms with Gasteiger partial charge in [-0.2, -0.15) is 0 Å². The van der Waals surface area contributed by atoms with Crippen LogP contribution in [0.1, 0.15) is 32.9 Å². The van der Waals surface area contributed by atoms with Crippen LogP contribution in [-0.2, 0) is 18.0 Å². The van der Waals surface area contributed by atoms with E-state index in [1.807, 2.05) is 13.8 Å². The Morgan fingerprint density at radius 2 is 1.89 bits per heavy atom. The number of hydrogen-bond donors (Lipinski definition) is 0. The molecule has 7 heteroatoms. The first-order valence-corrected chi connectivity index (χ1v) is 8.62. The molecule has 2 aromatic carbocycles. The van der Waals surface area contributed by atoms with Gasteiger partial charge in [-0.3, -0.25) is 0 Å². The number of carbonyl (C=O) groups is 1. The van der Waals surface area contributed by atoms with Crippen LogP contribution in [0.15, 0.2) is 47.0 Å². The Labute approximate surface area is 161 Å². The zero-order valence-corrected chi connectivity index (χ0v) is 15.8. The van der Waals surface area contributed by atoms with E-state index in [1.54, 1.807) is 30.3 Å². The molecule has 0 aliphatic carbocycles. The van der Waals surface area contributed by atoms with E-state index in [0.29, 0.717) is 22.8 Å². The number of aryl methyl sites for hydroxylation is 2. The van der Waals surface area contributed by atoms with Crippen molar-refractivity contribution in [3.63, 3.8) is 0 Å². The molecule has 0 amide bonds. The lowest BCUT2D eigenvalue weighted by atomic mass is 10.2.